The number of carbonyl (C=O) groups excluding carboxylic acids is 2. The van der Waals surface area contributed by atoms with E-state index in [9.17, 15) is 9.59 Å². The highest BCUT2D eigenvalue weighted by atomic mass is 16.2. The molecule has 0 aromatic heterocycles. The van der Waals surface area contributed by atoms with Crippen molar-refractivity contribution in [1.29, 1.82) is 0 Å². The molecule has 4 N–H and O–H groups in total. The van der Waals surface area contributed by atoms with Crippen molar-refractivity contribution >= 4 is 11.8 Å². The van der Waals surface area contributed by atoms with Crippen LogP contribution >= 0.6 is 0 Å². The van der Waals surface area contributed by atoms with E-state index in [4.69, 9.17) is 11.5 Å². The normalized spacial score (nSPS) is 11.9. The number of nitrogens with two attached hydrogens (primary N) is 2. The Balaban J connectivity index is 2.62. The highest BCUT2D eigenvalue weighted by Gasteiger charge is 2.21. The molecule has 0 aliphatic heterocycles. The van der Waals surface area contributed by atoms with Crippen LogP contribution < -0.4 is 11.5 Å². The second kappa shape index (κ2) is 6.76. The molecule has 0 bridgehead atoms. The maximum Gasteiger partial charge on any atom is 0.240 e. The summed E-state index contributed by atoms with van der Waals surface area (Å²) in [5.74, 6) is -0.780. The Hall–Kier alpha value is -1.88. The summed E-state index contributed by atoms with van der Waals surface area (Å²) in [5, 5.41) is 0. The molecular weight excluding hydrogens is 230 g/mol. The summed E-state index contributed by atoms with van der Waals surface area (Å²) in [7, 11) is 0. The van der Waals surface area contributed by atoms with Gasteiger partial charge in [0.1, 0.15) is 0 Å². The number of rotatable bonds is 6. The summed E-state index contributed by atoms with van der Waals surface area (Å²) in [6.07, 6.45) is 0.453. The first-order valence-electron chi connectivity index (χ1n) is 5.91. The quantitative estimate of drug-likeness (QED) is 0.737. The molecule has 1 aromatic carbocycles. The van der Waals surface area contributed by atoms with Crippen molar-refractivity contribution in [2.45, 2.75) is 19.4 Å². The topological polar surface area (TPSA) is 89.4 Å². The van der Waals surface area contributed by atoms with E-state index >= 15 is 0 Å². The second-order valence-electron chi connectivity index (χ2n) is 4.11. The molecule has 0 fully saturated rings. The standard InChI is InChI=1S/C13H19N3O2/c1-2-16(9-12(15)17)13(18)11(14)8-10-6-4-3-5-7-10/h3-7,11H,2,8-9,14H2,1H3,(H2,15,17)/t11-/m1/s1. The first-order chi connectivity index (χ1) is 8.54. The van der Waals surface area contributed by atoms with Crippen molar-refractivity contribution in [1.82, 2.24) is 4.90 Å². The van der Waals surface area contributed by atoms with Gasteiger partial charge in [0.25, 0.3) is 0 Å². The minimum atomic E-state index is -0.647. The molecule has 0 unspecified atom stereocenters. The van der Waals surface area contributed by atoms with Gasteiger partial charge < -0.3 is 16.4 Å². The molecule has 5 heteroatoms. The third-order valence-electron chi connectivity index (χ3n) is 2.66. The number of primary amides is 1. The average molecular weight is 249 g/mol. The Bertz CT molecular complexity index is 406. The third-order valence-corrected chi connectivity index (χ3v) is 2.66. The number of amides is 2. The van der Waals surface area contributed by atoms with Gasteiger partial charge in [0.2, 0.25) is 11.8 Å². The highest BCUT2D eigenvalue weighted by Crippen LogP contribution is 2.04. The van der Waals surface area contributed by atoms with Crippen LogP contribution in [-0.4, -0.2) is 35.8 Å². The van der Waals surface area contributed by atoms with E-state index in [1.807, 2.05) is 30.3 Å². The van der Waals surface area contributed by atoms with Gasteiger partial charge in [-0.05, 0) is 18.9 Å². The molecule has 0 saturated heterocycles. The number of hydrogen-bond acceptors (Lipinski definition) is 3. The van der Waals surface area contributed by atoms with Gasteiger partial charge in [0.15, 0.2) is 0 Å². The zero-order chi connectivity index (χ0) is 13.5. The van der Waals surface area contributed by atoms with Crippen molar-refractivity contribution in [2.24, 2.45) is 11.5 Å². The molecular formula is C13H19N3O2. The zero-order valence-corrected chi connectivity index (χ0v) is 10.5. The Kier molecular flexibility index (Phi) is 5.32. The van der Waals surface area contributed by atoms with Crippen molar-refractivity contribution in [3.05, 3.63) is 35.9 Å². The predicted molar refractivity (Wildman–Crippen MR) is 69.6 cm³/mol. The van der Waals surface area contributed by atoms with Crippen LogP contribution in [0, 0.1) is 0 Å². The van der Waals surface area contributed by atoms with Crippen LogP contribution in [-0.2, 0) is 16.0 Å². The van der Waals surface area contributed by atoms with Crippen LogP contribution in [0.5, 0.6) is 0 Å². The maximum atomic E-state index is 12.0. The van der Waals surface area contributed by atoms with E-state index in [1.165, 1.54) is 4.90 Å². The highest BCUT2D eigenvalue weighted by molar-refractivity contribution is 5.86. The molecule has 0 radical (unpaired) electrons. The molecule has 0 saturated carbocycles. The van der Waals surface area contributed by atoms with Crippen LogP contribution in [0.1, 0.15) is 12.5 Å². The van der Waals surface area contributed by atoms with Crippen LogP contribution in [0.2, 0.25) is 0 Å². The second-order valence-corrected chi connectivity index (χ2v) is 4.11. The van der Waals surface area contributed by atoms with E-state index in [0.29, 0.717) is 13.0 Å². The fourth-order valence-electron chi connectivity index (χ4n) is 1.72. The zero-order valence-electron chi connectivity index (χ0n) is 10.5. The molecule has 1 rings (SSSR count). The molecule has 1 atom stereocenters. The van der Waals surface area contributed by atoms with Crippen molar-refractivity contribution in [3.8, 4) is 0 Å². The first kappa shape index (κ1) is 14.2. The van der Waals surface area contributed by atoms with Gasteiger partial charge in [-0.25, -0.2) is 0 Å². The minimum Gasteiger partial charge on any atom is -0.368 e. The lowest BCUT2D eigenvalue weighted by molar-refractivity contribution is -0.136. The SMILES string of the molecule is CCN(CC(N)=O)C(=O)[C@H](N)Cc1ccccc1. The van der Waals surface area contributed by atoms with Crippen LogP contribution in [0.3, 0.4) is 0 Å². The Morgan fingerprint density at radius 1 is 1.28 bits per heavy atom. The average Bonchev–Trinajstić information content (AvgIpc) is 2.36. The summed E-state index contributed by atoms with van der Waals surface area (Å²) < 4.78 is 0. The maximum absolute atomic E-state index is 12.0. The van der Waals surface area contributed by atoms with Crippen molar-refractivity contribution < 1.29 is 9.59 Å². The molecule has 18 heavy (non-hydrogen) atoms. The Labute approximate surface area is 107 Å². The monoisotopic (exact) mass is 249 g/mol. The van der Waals surface area contributed by atoms with Gasteiger partial charge in [0.05, 0.1) is 12.6 Å². The molecule has 0 aliphatic rings. The largest absolute Gasteiger partial charge is 0.368 e. The van der Waals surface area contributed by atoms with E-state index in [1.54, 1.807) is 6.92 Å². The Morgan fingerprint density at radius 3 is 2.39 bits per heavy atom. The van der Waals surface area contributed by atoms with Crippen LogP contribution in [0.4, 0.5) is 0 Å². The van der Waals surface area contributed by atoms with E-state index < -0.39 is 11.9 Å². The molecule has 0 heterocycles. The van der Waals surface area contributed by atoms with Crippen LogP contribution in [0.15, 0.2) is 30.3 Å². The van der Waals surface area contributed by atoms with Gasteiger partial charge in [0, 0.05) is 6.54 Å². The van der Waals surface area contributed by atoms with E-state index in [2.05, 4.69) is 0 Å². The summed E-state index contributed by atoms with van der Waals surface area (Å²) in [4.78, 5) is 24.2. The molecule has 5 nitrogen and oxygen atoms in total. The number of hydrogen-bond donors (Lipinski definition) is 2. The molecule has 98 valence electrons. The summed E-state index contributed by atoms with van der Waals surface area (Å²) >= 11 is 0. The summed E-state index contributed by atoms with van der Waals surface area (Å²) in [5.41, 5.74) is 11.9. The Morgan fingerprint density at radius 2 is 1.89 bits per heavy atom. The molecule has 1 aromatic rings. The molecule has 0 aliphatic carbocycles. The first-order valence-corrected chi connectivity index (χ1v) is 5.91. The number of carbonyl (C=O) groups is 2. The summed E-state index contributed by atoms with van der Waals surface area (Å²) in [6, 6.07) is 8.88. The lowest BCUT2D eigenvalue weighted by atomic mass is 10.1. The number of benzene rings is 1. The minimum absolute atomic E-state index is 0.0855. The lowest BCUT2D eigenvalue weighted by Crippen LogP contribution is -2.47. The van der Waals surface area contributed by atoms with Gasteiger partial charge in [-0.2, -0.15) is 0 Å². The van der Waals surface area contributed by atoms with E-state index in [-0.39, 0.29) is 12.5 Å². The van der Waals surface area contributed by atoms with Gasteiger partial charge in [-0.3, -0.25) is 9.59 Å². The third kappa shape index (κ3) is 4.18. The van der Waals surface area contributed by atoms with Crippen molar-refractivity contribution in [3.63, 3.8) is 0 Å². The van der Waals surface area contributed by atoms with Crippen LogP contribution in [0.25, 0.3) is 0 Å². The smallest absolute Gasteiger partial charge is 0.240 e. The lowest BCUT2D eigenvalue weighted by Gasteiger charge is -2.23. The predicted octanol–water partition coefficient (Wildman–Crippen LogP) is -0.110. The number of nitrogens with zero attached hydrogens (tertiary/aromatic N) is 1. The fraction of sp³-hybridized carbons (Fsp3) is 0.385. The van der Waals surface area contributed by atoms with Gasteiger partial charge in [-0.1, -0.05) is 30.3 Å². The molecule has 0 spiro atoms. The fourth-order valence-corrected chi connectivity index (χ4v) is 1.72. The van der Waals surface area contributed by atoms with E-state index in [0.717, 1.165) is 5.56 Å². The summed E-state index contributed by atoms with van der Waals surface area (Å²) in [6.45, 7) is 2.12. The van der Waals surface area contributed by atoms with Gasteiger partial charge >= 0.3 is 0 Å². The van der Waals surface area contributed by atoms with Crippen molar-refractivity contribution in [2.75, 3.05) is 13.1 Å². The van der Waals surface area contributed by atoms with Gasteiger partial charge in [-0.15, -0.1) is 0 Å². The number of likely N-dealkylation sites (N-methyl/N-ethyl adjacent to an activating group) is 1. The molecule has 2 amide bonds.